The van der Waals surface area contributed by atoms with E-state index in [2.05, 4.69) is 15.4 Å². The van der Waals surface area contributed by atoms with Gasteiger partial charge >= 0.3 is 5.97 Å². The Morgan fingerprint density at radius 3 is 2.86 bits per heavy atom. The summed E-state index contributed by atoms with van der Waals surface area (Å²) in [5.41, 5.74) is 0.956. The van der Waals surface area contributed by atoms with Crippen LogP contribution >= 0.6 is 11.3 Å². The molecule has 2 heterocycles. The molecule has 7 nitrogen and oxygen atoms in total. The minimum Gasteiger partial charge on any atom is -0.478 e. The number of fused-ring (bicyclic) bond motifs is 1. The number of anilines is 1. The molecule has 0 radical (unpaired) electrons. The summed E-state index contributed by atoms with van der Waals surface area (Å²) in [6, 6.07) is 0. The Labute approximate surface area is 124 Å². The monoisotopic (exact) mass is 306 g/mol. The number of rotatable bonds is 3. The van der Waals surface area contributed by atoms with Gasteiger partial charge in [0, 0.05) is 11.9 Å². The molecule has 21 heavy (non-hydrogen) atoms. The van der Waals surface area contributed by atoms with Crippen LogP contribution in [-0.4, -0.2) is 31.7 Å². The van der Waals surface area contributed by atoms with Crippen molar-refractivity contribution in [1.29, 1.82) is 0 Å². The van der Waals surface area contributed by atoms with Crippen LogP contribution in [0.3, 0.4) is 0 Å². The van der Waals surface area contributed by atoms with Crippen LogP contribution < -0.4 is 5.32 Å². The first-order valence-corrected chi connectivity index (χ1v) is 7.43. The van der Waals surface area contributed by atoms with Crippen molar-refractivity contribution in [3.63, 3.8) is 0 Å². The lowest BCUT2D eigenvalue weighted by atomic mass is 10.0. The van der Waals surface area contributed by atoms with Gasteiger partial charge in [0.2, 0.25) is 0 Å². The summed E-state index contributed by atoms with van der Waals surface area (Å²) in [6.07, 6.45) is 5.37. The number of nitrogens with zero attached hydrogens (tertiary/aromatic N) is 3. The standard InChI is InChI=1S/C13H14N4O3S/c1-17-10(7(6-14-17)12(19)20)11(18)16-13-15-8-4-2-3-5-9(8)21-13/h6H,2-5H2,1H3,(H,19,20)(H,15,16,18). The van der Waals surface area contributed by atoms with Crippen molar-refractivity contribution in [3.05, 3.63) is 28.0 Å². The molecule has 0 bridgehead atoms. The molecule has 0 aromatic carbocycles. The average Bonchev–Trinajstić information content (AvgIpc) is 3.01. The normalized spacial score (nSPS) is 13.8. The lowest BCUT2D eigenvalue weighted by Gasteiger charge is -2.06. The number of carboxylic acids is 1. The molecule has 3 rings (SSSR count). The highest BCUT2D eigenvalue weighted by Gasteiger charge is 2.23. The van der Waals surface area contributed by atoms with E-state index >= 15 is 0 Å². The Bertz CT molecular complexity index is 696. The van der Waals surface area contributed by atoms with Crippen LogP contribution in [0.4, 0.5) is 5.13 Å². The maximum Gasteiger partial charge on any atom is 0.339 e. The second-order valence-corrected chi connectivity index (χ2v) is 5.97. The summed E-state index contributed by atoms with van der Waals surface area (Å²) in [5, 5.41) is 16.1. The molecule has 0 atom stereocenters. The third-order valence-corrected chi connectivity index (χ3v) is 4.52. The van der Waals surface area contributed by atoms with Crippen molar-refractivity contribution in [2.24, 2.45) is 7.05 Å². The molecule has 0 fully saturated rings. The number of thiazole rings is 1. The topological polar surface area (TPSA) is 97.1 Å². The van der Waals surface area contributed by atoms with E-state index in [-0.39, 0.29) is 11.3 Å². The van der Waals surface area contributed by atoms with E-state index < -0.39 is 11.9 Å². The number of nitrogens with one attached hydrogen (secondary N) is 1. The number of hydrogen-bond donors (Lipinski definition) is 2. The first kappa shape index (κ1) is 13.7. The van der Waals surface area contributed by atoms with E-state index in [4.69, 9.17) is 5.11 Å². The lowest BCUT2D eigenvalue weighted by Crippen LogP contribution is -2.19. The van der Waals surface area contributed by atoms with Crippen molar-refractivity contribution >= 4 is 28.3 Å². The van der Waals surface area contributed by atoms with Crippen molar-refractivity contribution in [2.75, 3.05) is 5.32 Å². The van der Waals surface area contributed by atoms with Crippen LogP contribution in [0.1, 0.15) is 44.3 Å². The number of carbonyl (C=O) groups is 2. The molecule has 0 spiro atoms. The second kappa shape index (κ2) is 5.28. The van der Waals surface area contributed by atoms with Crippen LogP contribution in [0, 0.1) is 0 Å². The van der Waals surface area contributed by atoms with Gasteiger partial charge in [0.15, 0.2) is 5.13 Å². The van der Waals surface area contributed by atoms with Gasteiger partial charge < -0.3 is 5.11 Å². The van der Waals surface area contributed by atoms with E-state index in [1.165, 1.54) is 34.1 Å². The van der Waals surface area contributed by atoms with Gasteiger partial charge in [-0.15, -0.1) is 11.3 Å². The van der Waals surface area contributed by atoms with E-state index in [9.17, 15) is 9.59 Å². The first-order valence-electron chi connectivity index (χ1n) is 6.61. The van der Waals surface area contributed by atoms with Gasteiger partial charge in [-0.05, 0) is 25.7 Å². The fourth-order valence-corrected chi connectivity index (χ4v) is 3.47. The third-order valence-electron chi connectivity index (χ3n) is 3.45. The Morgan fingerprint density at radius 2 is 2.14 bits per heavy atom. The maximum atomic E-state index is 12.3. The molecule has 0 saturated carbocycles. The fourth-order valence-electron chi connectivity index (χ4n) is 2.43. The van der Waals surface area contributed by atoms with Crippen molar-refractivity contribution in [2.45, 2.75) is 25.7 Å². The molecule has 110 valence electrons. The van der Waals surface area contributed by atoms with Gasteiger partial charge in [-0.1, -0.05) is 0 Å². The number of aromatic carboxylic acids is 1. The van der Waals surface area contributed by atoms with Gasteiger partial charge in [-0.2, -0.15) is 5.10 Å². The zero-order valence-corrected chi connectivity index (χ0v) is 12.2. The lowest BCUT2D eigenvalue weighted by molar-refractivity contribution is 0.0692. The predicted octanol–water partition coefficient (Wildman–Crippen LogP) is 1.71. The Morgan fingerprint density at radius 1 is 1.38 bits per heavy atom. The number of aryl methyl sites for hydroxylation is 3. The second-order valence-electron chi connectivity index (χ2n) is 4.89. The molecule has 8 heteroatoms. The zero-order valence-electron chi connectivity index (χ0n) is 11.4. The number of amides is 1. The molecule has 0 aliphatic heterocycles. The summed E-state index contributed by atoms with van der Waals surface area (Å²) in [5.74, 6) is -1.68. The SMILES string of the molecule is Cn1ncc(C(=O)O)c1C(=O)Nc1nc2c(s1)CCCC2. The zero-order chi connectivity index (χ0) is 15.0. The first-order chi connectivity index (χ1) is 10.1. The molecule has 1 aliphatic rings. The summed E-state index contributed by atoms with van der Waals surface area (Å²) < 4.78 is 1.26. The van der Waals surface area contributed by atoms with E-state index in [0.29, 0.717) is 5.13 Å². The Balaban J connectivity index is 1.85. The van der Waals surface area contributed by atoms with Crippen molar-refractivity contribution in [3.8, 4) is 0 Å². The van der Waals surface area contributed by atoms with Crippen LogP contribution in [0.15, 0.2) is 6.20 Å². The molecular formula is C13H14N4O3S. The van der Waals surface area contributed by atoms with Crippen molar-refractivity contribution < 1.29 is 14.7 Å². The van der Waals surface area contributed by atoms with Crippen LogP contribution in [0.25, 0.3) is 0 Å². The third kappa shape index (κ3) is 2.54. The Hall–Kier alpha value is -2.22. The molecule has 2 N–H and O–H groups in total. The summed E-state index contributed by atoms with van der Waals surface area (Å²) >= 11 is 1.46. The van der Waals surface area contributed by atoms with Gasteiger partial charge in [0.25, 0.3) is 5.91 Å². The summed E-state index contributed by atoms with van der Waals surface area (Å²) in [4.78, 5) is 29.0. The molecule has 1 aliphatic carbocycles. The fraction of sp³-hybridized carbons (Fsp3) is 0.385. The molecule has 1 amide bonds. The van der Waals surface area contributed by atoms with Crippen LogP contribution in [-0.2, 0) is 19.9 Å². The highest BCUT2D eigenvalue weighted by Crippen LogP contribution is 2.29. The average molecular weight is 306 g/mol. The predicted molar refractivity (Wildman–Crippen MR) is 76.9 cm³/mol. The largest absolute Gasteiger partial charge is 0.478 e. The maximum absolute atomic E-state index is 12.3. The van der Waals surface area contributed by atoms with E-state index in [1.54, 1.807) is 0 Å². The number of carbonyl (C=O) groups excluding carboxylic acids is 1. The van der Waals surface area contributed by atoms with Crippen LogP contribution in [0.5, 0.6) is 0 Å². The van der Waals surface area contributed by atoms with Gasteiger partial charge in [-0.25, -0.2) is 9.78 Å². The van der Waals surface area contributed by atoms with Crippen LogP contribution in [0.2, 0.25) is 0 Å². The highest BCUT2D eigenvalue weighted by molar-refractivity contribution is 7.15. The molecule has 2 aromatic rings. The summed E-state index contributed by atoms with van der Waals surface area (Å²) in [7, 11) is 1.54. The minimum atomic E-state index is -1.17. The molecule has 0 saturated heterocycles. The van der Waals surface area contributed by atoms with E-state index in [0.717, 1.165) is 31.4 Å². The quantitative estimate of drug-likeness (QED) is 0.899. The molecular weight excluding hydrogens is 292 g/mol. The highest BCUT2D eigenvalue weighted by atomic mass is 32.1. The minimum absolute atomic E-state index is 0.0238. The van der Waals surface area contributed by atoms with E-state index in [1.807, 2.05) is 0 Å². The number of carboxylic acid groups (broad SMARTS) is 1. The number of hydrogen-bond acceptors (Lipinski definition) is 5. The van der Waals surface area contributed by atoms with Gasteiger partial charge in [0.05, 0.1) is 11.9 Å². The van der Waals surface area contributed by atoms with Gasteiger partial charge in [-0.3, -0.25) is 14.8 Å². The Kier molecular flexibility index (Phi) is 3.46. The van der Waals surface area contributed by atoms with Gasteiger partial charge in [0.1, 0.15) is 11.3 Å². The molecule has 2 aromatic heterocycles. The molecule has 0 unspecified atom stereocenters. The number of aromatic nitrogens is 3. The summed E-state index contributed by atoms with van der Waals surface area (Å²) in [6.45, 7) is 0. The van der Waals surface area contributed by atoms with Crippen molar-refractivity contribution in [1.82, 2.24) is 14.8 Å². The smallest absolute Gasteiger partial charge is 0.339 e.